The second kappa shape index (κ2) is 13.9. The van der Waals surface area contributed by atoms with Gasteiger partial charge in [0.15, 0.2) is 0 Å². The molecule has 0 atom stereocenters. The predicted molar refractivity (Wildman–Crippen MR) is 135 cm³/mol. The van der Waals surface area contributed by atoms with Crippen LogP contribution in [-0.4, -0.2) is 30.5 Å². The number of nitrogens with zero attached hydrogens (tertiary/aromatic N) is 2. The number of rotatable bonds is 9. The van der Waals surface area contributed by atoms with E-state index >= 15 is 4.39 Å². The molecule has 3 N–H and O–H groups in total. The largest absolute Gasteiger partial charge is 0.370 e. The lowest BCUT2D eigenvalue weighted by Gasteiger charge is -2.26. The van der Waals surface area contributed by atoms with Gasteiger partial charge in [0.2, 0.25) is 0 Å². The smallest absolute Gasteiger partial charge is 0.258 e. The Morgan fingerprint density at radius 1 is 0.971 bits per heavy atom. The number of pyridine rings is 1. The molecule has 35 heavy (non-hydrogen) atoms. The minimum absolute atomic E-state index is 0. The summed E-state index contributed by atoms with van der Waals surface area (Å²) in [6.07, 6.45) is 4.54. The second-order valence-electron chi connectivity index (χ2n) is 7.36. The third-order valence-corrected chi connectivity index (χ3v) is 5.06. The summed E-state index contributed by atoms with van der Waals surface area (Å²) in [6.45, 7) is 3.82. The summed E-state index contributed by atoms with van der Waals surface area (Å²) in [4.78, 5) is 19.0. The van der Waals surface area contributed by atoms with E-state index in [9.17, 15) is 18.0 Å². The van der Waals surface area contributed by atoms with E-state index in [-0.39, 0.29) is 24.8 Å². The van der Waals surface area contributed by atoms with Gasteiger partial charge in [-0.15, -0.1) is 24.8 Å². The van der Waals surface area contributed by atoms with Gasteiger partial charge in [-0.05, 0) is 49.7 Å². The standard InChI is InChI=1S/C24H24F4N4O.2ClH/c1-2-12-32(13-4-10-29)20-9-11-30-14-19(20)31-24(33)15-7-8-18(27)22(23(15)28)21-16(25)5-3-6-17(21)26;;/h3,5-9,11,14H,2,4,10,12-13,29H2,1H3,(H,31,33);2*1H. The van der Waals surface area contributed by atoms with Crippen LogP contribution in [0.15, 0.2) is 48.8 Å². The first-order valence-electron chi connectivity index (χ1n) is 10.5. The van der Waals surface area contributed by atoms with Gasteiger partial charge in [0.1, 0.15) is 23.3 Å². The van der Waals surface area contributed by atoms with Gasteiger partial charge in [0.05, 0.1) is 34.3 Å². The van der Waals surface area contributed by atoms with Crippen molar-refractivity contribution in [1.82, 2.24) is 4.98 Å². The molecule has 1 heterocycles. The highest BCUT2D eigenvalue weighted by Crippen LogP contribution is 2.33. The average Bonchev–Trinajstić information content (AvgIpc) is 2.79. The van der Waals surface area contributed by atoms with Gasteiger partial charge in [0.25, 0.3) is 5.91 Å². The highest BCUT2D eigenvalue weighted by Gasteiger charge is 2.25. The SMILES string of the molecule is CCCN(CCCN)c1ccncc1NC(=O)c1ccc(F)c(-c2c(F)cccc2F)c1F.Cl.Cl. The molecule has 0 aliphatic heterocycles. The lowest BCUT2D eigenvalue weighted by Crippen LogP contribution is -2.28. The van der Waals surface area contributed by atoms with Gasteiger partial charge >= 0.3 is 0 Å². The van der Waals surface area contributed by atoms with E-state index in [0.717, 1.165) is 43.2 Å². The van der Waals surface area contributed by atoms with Gasteiger partial charge < -0.3 is 16.0 Å². The first-order chi connectivity index (χ1) is 15.9. The number of carbonyl (C=O) groups is 1. The van der Waals surface area contributed by atoms with Crippen LogP contribution < -0.4 is 16.0 Å². The van der Waals surface area contributed by atoms with Crippen molar-refractivity contribution in [1.29, 1.82) is 0 Å². The third kappa shape index (κ3) is 6.84. The fraction of sp³-hybridized carbons (Fsp3) is 0.250. The first-order valence-corrected chi connectivity index (χ1v) is 10.5. The summed E-state index contributed by atoms with van der Waals surface area (Å²) in [5, 5.41) is 2.59. The van der Waals surface area contributed by atoms with Crippen molar-refractivity contribution in [2.24, 2.45) is 5.73 Å². The fourth-order valence-corrected chi connectivity index (χ4v) is 3.55. The van der Waals surface area contributed by atoms with Crippen LogP contribution in [0, 0.1) is 23.3 Å². The number of anilines is 2. The topological polar surface area (TPSA) is 71.2 Å². The number of nitrogens with one attached hydrogen (secondary N) is 1. The lowest BCUT2D eigenvalue weighted by atomic mass is 9.99. The molecule has 0 spiro atoms. The quantitative estimate of drug-likeness (QED) is 0.333. The Morgan fingerprint density at radius 3 is 2.26 bits per heavy atom. The Bertz CT molecular complexity index is 1130. The molecular weight excluding hydrogens is 507 g/mol. The minimum Gasteiger partial charge on any atom is -0.370 e. The van der Waals surface area contributed by atoms with Crippen LogP contribution in [0.2, 0.25) is 0 Å². The van der Waals surface area contributed by atoms with E-state index in [1.807, 2.05) is 11.8 Å². The Balaban J connectivity index is 0.00000306. The number of aromatic nitrogens is 1. The number of halogens is 6. The average molecular weight is 533 g/mol. The summed E-state index contributed by atoms with van der Waals surface area (Å²) in [5.41, 5.74) is 4.22. The number of hydrogen-bond donors (Lipinski definition) is 2. The molecule has 3 aromatic rings. The molecular formula is C24H26Cl2F4N4O. The normalized spacial score (nSPS) is 10.2. The zero-order chi connectivity index (χ0) is 24.0. The van der Waals surface area contributed by atoms with E-state index in [0.29, 0.717) is 31.0 Å². The fourth-order valence-electron chi connectivity index (χ4n) is 3.55. The van der Waals surface area contributed by atoms with Crippen molar-refractivity contribution in [2.45, 2.75) is 19.8 Å². The lowest BCUT2D eigenvalue weighted by molar-refractivity contribution is 0.102. The van der Waals surface area contributed by atoms with Crippen LogP contribution in [0.1, 0.15) is 30.1 Å². The predicted octanol–water partition coefficient (Wildman–Crippen LogP) is 5.97. The van der Waals surface area contributed by atoms with Crippen molar-refractivity contribution in [3.63, 3.8) is 0 Å². The molecule has 1 amide bonds. The van der Waals surface area contributed by atoms with Gasteiger partial charge in [-0.2, -0.15) is 0 Å². The highest BCUT2D eigenvalue weighted by molar-refractivity contribution is 6.06. The molecule has 0 saturated carbocycles. The van der Waals surface area contributed by atoms with Crippen molar-refractivity contribution in [3.05, 3.63) is 77.6 Å². The first kappa shape index (κ1) is 30.2. The minimum atomic E-state index is -1.37. The Kier molecular flexibility index (Phi) is 11.9. The molecule has 0 bridgehead atoms. The van der Waals surface area contributed by atoms with Gasteiger partial charge in [0, 0.05) is 19.3 Å². The Hall–Kier alpha value is -2.88. The zero-order valence-corrected chi connectivity index (χ0v) is 20.5. The van der Waals surface area contributed by atoms with Crippen LogP contribution in [0.25, 0.3) is 11.1 Å². The summed E-state index contributed by atoms with van der Waals surface area (Å²) < 4.78 is 58.0. The molecule has 11 heteroatoms. The number of carbonyl (C=O) groups excluding carboxylic acids is 1. The van der Waals surface area contributed by atoms with Crippen molar-refractivity contribution >= 4 is 42.1 Å². The van der Waals surface area contributed by atoms with E-state index in [1.165, 1.54) is 6.20 Å². The Morgan fingerprint density at radius 2 is 1.63 bits per heavy atom. The van der Waals surface area contributed by atoms with Gasteiger partial charge in [-0.25, -0.2) is 17.6 Å². The van der Waals surface area contributed by atoms with Crippen LogP contribution in [-0.2, 0) is 0 Å². The van der Waals surface area contributed by atoms with E-state index in [1.54, 1.807) is 12.3 Å². The van der Waals surface area contributed by atoms with E-state index < -0.39 is 45.9 Å². The van der Waals surface area contributed by atoms with Crippen LogP contribution >= 0.6 is 24.8 Å². The van der Waals surface area contributed by atoms with Gasteiger partial charge in [-0.3, -0.25) is 9.78 Å². The molecule has 0 radical (unpaired) electrons. The molecule has 0 aliphatic rings. The number of benzene rings is 2. The summed E-state index contributed by atoms with van der Waals surface area (Å²) >= 11 is 0. The molecule has 0 saturated heterocycles. The van der Waals surface area contributed by atoms with Crippen LogP contribution in [0.4, 0.5) is 28.9 Å². The summed E-state index contributed by atoms with van der Waals surface area (Å²) in [5.74, 6) is -5.75. The van der Waals surface area contributed by atoms with Crippen LogP contribution in [0.3, 0.4) is 0 Å². The summed E-state index contributed by atoms with van der Waals surface area (Å²) in [6, 6.07) is 6.29. The molecule has 0 fully saturated rings. The molecule has 3 rings (SSSR count). The molecule has 2 aromatic carbocycles. The summed E-state index contributed by atoms with van der Waals surface area (Å²) in [7, 11) is 0. The molecule has 190 valence electrons. The number of nitrogens with two attached hydrogens (primary N) is 1. The second-order valence-corrected chi connectivity index (χ2v) is 7.36. The highest BCUT2D eigenvalue weighted by atomic mass is 35.5. The number of hydrogen-bond acceptors (Lipinski definition) is 4. The van der Waals surface area contributed by atoms with E-state index in [2.05, 4.69) is 10.3 Å². The van der Waals surface area contributed by atoms with Gasteiger partial charge in [-0.1, -0.05) is 13.0 Å². The molecule has 0 unspecified atom stereocenters. The Labute approximate surface area is 213 Å². The van der Waals surface area contributed by atoms with Crippen molar-refractivity contribution in [3.8, 4) is 11.1 Å². The van der Waals surface area contributed by atoms with E-state index in [4.69, 9.17) is 5.73 Å². The monoisotopic (exact) mass is 532 g/mol. The maximum absolute atomic E-state index is 15.2. The molecule has 0 aliphatic carbocycles. The van der Waals surface area contributed by atoms with Crippen LogP contribution in [0.5, 0.6) is 0 Å². The third-order valence-electron chi connectivity index (χ3n) is 5.06. The van der Waals surface area contributed by atoms with Crippen molar-refractivity contribution < 1.29 is 22.4 Å². The molecule has 1 aromatic heterocycles. The molecule has 5 nitrogen and oxygen atoms in total. The van der Waals surface area contributed by atoms with Crippen molar-refractivity contribution in [2.75, 3.05) is 29.9 Å². The maximum Gasteiger partial charge on any atom is 0.258 e. The maximum atomic E-state index is 15.2. The number of amides is 1. The zero-order valence-electron chi connectivity index (χ0n) is 18.9.